The summed E-state index contributed by atoms with van der Waals surface area (Å²) in [6, 6.07) is 5.74. The Bertz CT molecular complexity index is 1010. The van der Waals surface area contributed by atoms with Crippen molar-refractivity contribution >= 4 is 16.9 Å². The number of carbonyl (C=O) groups excluding carboxylic acids is 1. The highest BCUT2D eigenvalue weighted by atomic mass is 16.2. The number of rotatable bonds is 1. The van der Waals surface area contributed by atoms with E-state index in [0.29, 0.717) is 5.69 Å². The molecule has 26 heavy (non-hydrogen) atoms. The van der Waals surface area contributed by atoms with Gasteiger partial charge in [0.1, 0.15) is 17.2 Å². The third kappa shape index (κ3) is 2.32. The smallest absolute Gasteiger partial charge is 0.272 e. The molecule has 1 aliphatic carbocycles. The Morgan fingerprint density at radius 1 is 1.23 bits per heavy atom. The lowest BCUT2D eigenvalue weighted by Crippen LogP contribution is -2.48. The van der Waals surface area contributed by atoms with Crippen LogP contribution in [0.25, 0.3) is 11.0 Å². The second-order valence-electron chi connectivity index (χ2n) is 7.51. The Balaban J connectivity index is 1.46. The van der Waals surface area contributed by atoms with Crippen LogP contribution in [0, 0.1) is 6.92 Å². The van der Waals surface area contributed by atoms with Crippen molar-refractivity contribution in [2.75, 3.05) is 13.1 Å². The summed E-state index contributed by atoms with van der Waals surface area (Å²) < 4.78 is 0. The van der Waals surface area contributed by atoms with E-state index < -0.39 is 0 Å². The zero-order valence-corrected chi connectivity index (χ0v) is 14.8. The van der Waals surface area contributed by atoms with Crippen LogP contribution in [0.15, 0.2) is 30.6 Å². The lowest BCUT2D eigenvalue weighted by Gasteiger charge is -2.40. The maximum absolute atomic E-state index is 13.1. The SMILES string of the molecule is Cc1ncc2c(n1)C1(CCCN(C(=O)c3ccc4cc[nH]c4n3)C1)CC2. The predicted molar refractivity (Wildman–Crippen MR) is 98.0 cm³/mol. The van der Waals surface area contributed by atoms with Gasteiger partial charge in [-0.05, 0) is 56.4 Å². The molecule has 132 valence electrons. The first-order valence-corrected chi connectivity index (χ1v) is 9.21. The van der Waals surface area contributed by atoms with Gasteiger partial charge in [-0.3, -0.25) is 4.79 Å². The molecule has 1 saturated heterocycles. The van der Waals surface area contributed by atoms with E-state index in [1.54, 1.807) is 0 Å². The Labute approximate surface area is 151 Å². The molecule has 4 heterocycles. The van der Waals surface area contributed by atoms with E-state index in [-0.39, 0.29) is 11.3 Å². The molecule has 6 nitrogen and oxygen atoms in total. The summed E-state index contributed by atoms with van der Waals surface area (Å²) in [4.78, 5) is 31.8. The van der Waals surface area contributed by atoms with Gasteiger partial charge in [-0.2, -0.15) is 0 Å². The van der Waals surface area contributed by atoms with Crippen molar-refractivity contribution in [3.8, 4) is 0 Å². The molecule has 1 spiro atoms. The average Bonchev–Trinajstić information content (AvgIpc) is 3.26. The number of carbonyl (C=O) groups is 1. The van der Waals surface area contributed by atoms with Crippen LogP contribution in [0.1, 0.15) is 46.8 Å². The van der Waals surface area contributed by atoms with Crippen molar-refractivity contribution in [1.82, 2.24) is 24.8 Å². The lowest BCUT2D eigenvalue weighted by molar-refractivity contribution is 0.0628. The minimum absolute atomic E-state index is 0.0137. The Hall–Kier alpha value is -2.76. The third-order valence-corrected chi connectivity index (χ3v) is 5.85. The molecule has 1 amide bonds. The number of aromatic nitrogens is 4. The molecule has 0 aromatic carbocycles. The molecule has 2 aliphatic rings. The molecule has 1 N–H and O–H groups in total. The number of pyridine rings is 1. The van der Waals surface area contributed by atoms with Gasteiger partial charge in [-0.1, -0.05) is 0 Å². The van der Waals surface area contributed by atoms with Crippen molar-refractivity contribution in [3.05, 3.63) is 53.4 Å². The van der Waals surface area contributed by atoms with E-state index in [0.717, 1.165) is 61.3 Å². The van der Waals surface area contributed by atoms with Crippen LogP contribution in [0.4, 0.5) is 0 Å². The summed E-state index contributed by atoms with van der Waals surface area (Å²) in [5.74, 6) is 0.826. The summed E-state index contributed by atoms with van der Waals surface area (Å²) in [5.41, 5.74) is 3.66. The van der Waals surface area contributed by atoms with Crippen LogP contribution in [0.5, 0.6) is 0 Å². The first kappa shape index (κ1) is 15.5. The van der Waals surface area contributed by atoms with Crippen LogP contribution in [0.3, 0.4) is 0 Å². The zero-order valence-electron chi connectivity index (χ0n) is 14.8. The van der Waals surface area contributed by atoms with E-state index in [1.165, 1.54) is 5.56 Å². The van der Waals surface area contributed by atoms with Gasteiger partial charge in [-0.25, -0.2) is 15.0 Å². The summed E-state index contributed by atoms with van der Waals surface area (Å²) in [7, 11) is 0. The minimum Gasteiger partial charge on any atom is -0.346 e. The number of fused-ring (bicyclic) bond motifs is 3. The highest BCUT2D eigenvalue weighted by Gasteiger charge is 2.44. The number of nitrogens with one attached hydrogen (secondary N) is 1. The first-order valence-electron chi connectivity index (χ1n) is 9.21. The van der Waals surface area contributed by atoms with Crippen LogP contribution < -0.4 is 0 Å². The van der Waals surface area contributed by atoms with Gasteiger partial charge < -0.3 is 9.88 Å². The Morgan fingerprint density at radius 2 is 2.15 bits per heavy atom. The average molecular weight is 347 g/mol. The van der Waals surface area contributed by atoms with Gasteiger partial charge in [0.15, 0.2) is 0 Å². The highest BCUT2D eigenvalue weighted by Crippen LogP contribution is 2.44. The maximum Gasteiger partial charge on any atom is 0.272 e. The number of nitrogens with zero attached hydrogens (tertiary/aromatic N) is 4. The van der Waals surface area contributed by atoms with Crippen LogP contribution in [-0.4, -0.2) is 43.8 Å². The van der Waals surface area contributed by atoms with Crippen molar-refractivity contribution in [1.29, 1.82) is 0 Å². The first-order chi connectivity index (χ1) is 12.6. The van der Waals surface area contributed by atoms with Crippen molar-refractivity contribution in [3.63, 3.8) is 0 Å². The van der Waals surface area contributed by atoms with E-state index in [9.17, 15) is 4.79 Å². The number of amides is 1. The van der Waals surface area contributed by atoms with Crippen LogP contribution in [-0.2, 0) is 11.8 Å². The quantitative estimate of drug-likeness (QED) is 0.734. The van der Waals surface area contributed by atoms with Crippen molar-refractivity contribution < 1.29 is 4.79 Å². The zero-order chi connectivity index (χ0) is 17.7. The molecular formula is C20H21N5O. The second kappa shape index (κ2) is 5.62. The summed E-state index contributed by atoms with van der Waals surface area (Å²) in [5, 5.41) is 1.02. The molecule has 5 rings (SSSR count). The minimum atomic E-state index is -0.0204. The largest absolute Gasteiger partial charge is 0.346 e. The van der Waals surface area contributed by atoms with E-state index >= 15 is 0 Å². The maximum atomic E-state index is 13.1. The molecule has 1 fully saturated rings. The number of H-pyrrole nitrogens is 1. The standard InChI is InChI=1S/C20H21N5O/c1-13-22-11-15-5-8-20(17(15)23-13)7-2-10-25(12-20)19(26)16-4-3-14-6-9-21-18(14)24-16/h3-4,6,9,11H,2,5,7-8,10,12H2,1H3,(H,21,24). The number of aromatic amines is 1. The fraction of sp³-hybridized carbons (Fsp3) is 0.400. The molecule has 6 heteroatoms. The highest BCUT2D eigenvalue weighted by molar-refractivity contribution is 5.94. The summed E-state index contributed by atoms with van der Waals surface area (Å²) in [6.07, 6.45) is 7.95. The van der Waals surface area contributed by atoms with Crippen LogP contribution >= 0.6 is 0 Å². The number of hydrogen-bond donors (Lipinski definition) is 1. The predicted octanol–water partition coefficient (Wildman–Crippen LogP) is 2.78. The molecule has 3 aromatic heterocycles. The topological polar surface area (TPSA) is 74.8 Å². The van der Waals surface area contributed by atoms with E-state index in [4.69, 9.17) is 4.98 Å². The van der Waals surface area contributed by atoms with Gasteiger partial charge in [0.25, 0.3) is 5.91 Å². The van der Waals surface area contributed by atoms with Crippen molar-refractivity contribution in [2.24, 2.45) is 0 Å². The number of piperidine rings is 1. The third-order valence-electron chi connectivity index (χ3n) is 5.85. The van der Waals surface area contributed by atoms with Gasteiger partial charge in [0.2, 0.25) is 0 Å². The monoisotopic (exact) mass is 347 g/mol. The number of aryl methyl sites for hydroxylation is 2. The van der Waals surface area contributed by atoms with Gasteiger partial charge >= 0.3 is 0 Å². The Morgan fingerprint density at radius 3 is 3.08 bits per heavy atom. The Kier molecular flexibility index (Phi) is 3.35. The lowest BCUT2D eigenvalue weighted by atomic mass is 9.77. The van der Waals surface area contributed by atoms with Gasteiger partial charge in [-0.15, -0.1) is 0 Å². The van der Waals surface area contributed by atoms with E-state index in [2.05, 4.69) is 15.0 Å². The number of likely N-dealkylation sites (tertiary alicyclic amines) is 1. The summed E-state index contributed by atoms with van der Waals surface area (Å²) in [6.45, 7) is 3.44. The number of hydrogen-bond acceptors (Lipinski definition) is 4. The molecule has 1 atom stereocenters. The second-order valence-corrected chi connectivity index (χ2v) is 7.51. The molecular weight excluding hydrogens is 326 g/mol. The van der Waals surface area contributed by atoms with Crippen LogP contribution in [0.2, 0.25) is 0 Å². The summed E-state index contributed by atoms with van der Waals surface area (Å²) >= 11 is 0. The molecule has 1 aliphatic heterocycles. The fourth-order valence-electron chi connectivity index (χ4n) is 4.54. The van der Waals surface area contributed by atoms with Gasteiger partial charge in [0.05, 0.1) is 5.69 Å². The fourth-order valence-corrected chi connectivity index (χ4v) is 4.54. The van der Waals surface area contributed by atoms with Crippen molar-refractivity contribution in [2.45, 2.75) is 38.0 Å². The molecule has 0 radical (unpaired) electrons. The normalized spacial score (nSPS) is 22.1. The molecule has 1 unspecified atom stereocenters. The van der Waals surface area contributed by atoms with Gasteiger partial charge in [0, 0.05) is 36.3 Å². The molecule has 0 saturated carbocycles. The molecule has 3 aromatic rings. The molecule has 0 bridgehead atoms. The van der Waals surface area contributed by atoms with E-state index in [1.807, 2.05) is 42.4 Å².